The van der Waals surface area contributed by atoms with Crippen LogP contribution in [0.2, 0.25) is 0 Å². The zero-order valence-corrected chi connectivity index (χ0v) is 12.3. The summed E-state index contributed by atoms with van der Waals surface area (Å²) in [7, 11) is 0. The van der Waals surface area contributed by atoms with Crippen molar-refractivity contribution in [3.8, 4) is 0 Å². The molecule has 0 aromatic carbocycles. The minimum atomic E-state index is -0.311. The molecule has 0 amide bonds. The van der Waals surface area contributed by atoms with Gasteiger partial charge in [0.2, 0.25) is 0 Å². The second kappa shape index (κ2) is 5.48. The predicted octanol–water partition coefficient (Wildman–Crippen LogP) is 3.48. The fourth-order valence-electron chi connectivity index (χ4n) is 0.914. The van der Waals surface area contributed by atoms with E-state index in [1.807, 2.05) is 13.8 Å². The third kappa shape index (κ3) is 4.68. The third-order valence-corrected chi connectivity index (χ3v) is 3.01. The van der Waals surface area contributed by atoms with Gasteiger partial charge in [0.25, 0.3) is 0 Å². The second-order valence-corrected chi connectivity index (χ2v) is 5.87. The average molecular weight is 271 g/mol. The molecule has 1 heterocycles. The first-order chi connectivity index (χ1) is 5.71. The van der Waals surface area contributed by atoms with Crippen molar-refractivity contribution in [1.82, 2.24) is 4.98 Å². The number of aromatic nitrogens is 1. The average Bonchev–Trinajstić information content (AvgIpc) is 2.28. The molecule has 5 heteroatoms. The van der Waals surface area contributed by atoms with Gasteiger partial charge in [-0.05, 0) is 13.8 Å². The van der Waals surface area contributed by atoms with Crippen LogP contribution in [-0.4, -0.2) is 4.98 Å². The largest absolute Gasteiger partial charge is 0.320 e. The van der Waals surface area contributed by atoms with E-state index >= 15 is 0 Å². The summed E-state index contributed by atoms with van der Waals surface area (Å²) in [6, 6.07) is 0. The fourth-order valence-corrected chi connectivity index (χ4v) is 2.00. The molecular formula is C10H20Cl2N2S. The summed E-state index contributed by atoms with van der Waals surface area (Å²) in [4.78, 5) is 4.55. The van der Waals surface area contributed by atoms with Crippen LogP contribution in [0.25, 0.3) is 0 Å². The monoisotopic (exact) mass is 270 g/mol. The van der Waals surface area contributed by atoms with Gasteiger partial charge < -0.3 is 5.73 Å². The molecular weight excluding hydrogens is 251 g/mol. The molecule has 0 atom stereocenters. The molecule has 1 rings (SSSR count). The van der Waals surface area contributed by atoms with Gasteiger partial charge in [-0.25, -0.2) is 4.98 Å². The van der Waals surface area contributed by atoms with E-state index in [4.69, 9.17) is 5.73 Å². The van der Waals surface area contributed by atoms with E-state index in [2.05, 4.69) is 31.1 Å². The van der Waals surface area contributed by atoms with Crippen molar-refractivity contribution in [3.05, 3.63) is 16.1 Å². The number of nitrogens with zero attached hydrogens (tertiary/aromatic N) is 1. The first kappa shape index (κ1) is 17.6. The summed E-state index contributed by atoms with van der Waals surface area (Å²) >= 11 is 1.65. The molecule has 0 saturated heterocycles. The fraction of sp³-hybridized carbons (Fsp3) is 0.700. The molecule has 0 saturated carbocycles. The molecule has 2 nitrogen and oxygen atoms in total. The molecule has 0 aliphatic carbocycles. The minimum Gasteiger partial charge on any atom is -0.320 e. The molecule has 0 fully saturated rings. The first-order valence-corrected chi connectivity index (χ1v) is 5.34. The van der Waals surface area contributed by atoms with Crippen molar-refractivity contribution >= 4 is 36.2 Å². The molecule has 1 aromatic rings. The summed E-state index contributed by atoms with van der Waals surface area (Å²) in [6.45, 7) is 10.5. The van der Waals surface area contributed by atoms with Gasteiger partial charge in [0, 0.05) is 10.8 Å². The SMILES string of the molecule is CC(C)(C)c1csc(C(C)(C)N)n1.Cl.Cl. The summed E-state index contributed by atoms with van der Waals surface area (Å²) in [5, 5.41) is 3.11. The van der Waals surface area contributed by atoms with Crippen LogP contribution in [0.5, 0.6) is 0 Å². The van der Waals surface area contributed by atoms with Crippen LogP contribution in [0.3, 0.4) is 0 Å². The number of thiazole rings is 1. The van der Waals surface area contributed by atoms with Gasteiger partial charge in [0.1, 0.15) is 5.01 Å². The lowest BCUT2D eigenvalue weighted by Crippen LogP contribution is -2.28. The molecule has 0 radical (unpaired) electrons. The maximum Gasteiger partial charge on any atom is 0.112 e. The quantitative estimate of drug-likeness (QED) is 0.849. The van der Waals surface area contributed by atoms with Crippen LogP contribution in [0.1, 0.15) is 45.3 Å². The Labute approximate surface area is 108 Å². The van der Waals surface area contributed by atoms with Crippen LogP contribution in [0.4, 0.5) is 0 Å². The molecule has 0 aliphatic rings. The highest BCUT2D eigenvalue weighted by Gasteiger charge is 2.23. The van der Waals surface area contributed by atoms with Gasteiger partial charge in [-0.15, -0.1) is 36.2 Å². The number of hydrogen-bond donors (Lipinski definition) is 1. The Bertz CT molecular complexity index is 269. The predicted molar refractivity (Wildman–Crippen MR) is 72.5 cm³/mol. The lowest BCUT2D eigenvalue weighted by Gasteiger charge is -2.17. The molecule has 90 valence electrons. The van der Waals surface area contributed by atoms with E-state index in [0.717, 1.165) is 10.7 Å². The Hall–Kier alpha value is 0.170. The zero-order chi connectivity index (χ0) is 10.3. The molecule has 0 spiro atoms. The number of nitrogens with two attached hydrogens (primary N) is 1. The molecule has 0 bridgehead atoms. The smallest absolute Gasteiger partial charge is 0.112 e. The van der Waals surface area contributed by atoms with Gasteiger partial charge in [-0.1, -0.05) is 20.8 Å². The van der Waals surface area contributed by atoms with E-state index in [9.17, 15) is 0 Å². The molecule has 2 N–H and O–H groups in total. The number of halogens is 2. The lowest BCUT2D eigenvalue weighted by molar-refractivity contribution is 0.529. The van der Waals surface area contributed by atoms with Crippen molar-refractivity contribution in [2.75, 3.05) is 0 Å². The Balaban J connectivity index is 0. The summed E-state index contributed by atoms with van der Waals surface area (Å²) < 4.78 is 0. The zero-order valence-electron chi connectivity index (χ0n) is 9.83. The van der Waals surface area contributed by atoms with Gasteiger partial charge in [-0.3, -0.25) is 0 Å². The highest BCUT2D eigenvalue weighted by atomic mass is 35.5. The van der Waals surface area contributed by atoms with Crippen molar-refractivity contribution in [2.45, 2.75) is 45.6 Å². The molecule has 0 unspecified atom stereocenters. The Morgan fingerprint density at radius 2 is 1.60 bits per heavy atom. The van der Waals surface area contributed by atoms with Gasteiger partial charge in [-0.2, -0.15) is 0 Å². The van der Waals surface area contributed by atoms with E-state index in [1.165, 1.54) is 0 Å². The van der Waals surface area contributed by atoms with Crippen molar-refractivity contribution in [3.63, 3.8) is 0 Å². The highest BCUT2D eigenvalue weighted by Crippen LogP contribution is 2.27. The van der Waals surface area contributed by atoms with Crippen LogP contribution < -0.4 is 5.73 Å². The first-order valence-electron chi connectivity index (χ1n) is 4.46. The highest BCUT2D eigenvalue weighted by molar-refractivity contribution is 7.09. The van der Waals surface area contributed by atoms with Gasteiger partial charge in [0.05, 0.1) is 11.2 Å². The van der Waals surface area contributed by atoms with Crippen molar-refractivity contribution < 1.29 is 0 Å². The molecule has 0 aliphatic heterocycles. The van der Waals surface area contributed by atoms with E-state index in [1.54, 1.807) is 11.3 Å². The lowest BCUT2D eigenvalue weighted by atomic mass is 9.93. The Morgan fingerprint density at radius 3 is 1.80 bits per heavy atom. The van der Waals surface area contributed by atoms with Crippen LogP contribution in [0, 0.1) is 0 Å². The Morgan fingerprint density at radius 1 is 1.13 bits per heavy atom. The summed E-state index contributed by atoms with van der Waals surface area (Å²) in [5.74, 6) is 0. The number of rotatable bonds is 1. The normalized spacial score (nSPS) is 11.6. The van der Waals surface area contributed by atoms with Crippen LogP contribution >= 0.6 is 36.2 Å². The Kier molecular flexibility index (Phi) is 6.42. The van der Waals surface area contributed by atoms with Crippen LogP contribution in [-0.2, 0) is 11.0 Å². The maximum atomic E-state index is 5.96. The van der Waals surface area contributed by atoms with Crippen LogP contribution in [0.15, 0.2) is 5.38 Å². The number of hydrogen-bond acceptors (Lipinski definition) is 3. The molecule has 15 heavy (non-hydrogen) atoms. The second-order valence-electron chi connectivity index (χ2n) is 5.01. The van der Waals surface area contributed by atoms with E-state index < -0.39 is 0 Å². The topological polar surface area (TPSA) is 38.9 Å². The summed E-state index contributed by atoms with van der Waals surface area (Å²) in [6.07, 6.45) is 0. The molecule has 1 aromatic heterocycles. The summed E-state index contributed by atoms with van der Waals surface area (Å²) in [5.41, 5.74) is 6.91. The third-order valence-electron chi connectivity index (χ3n) is 1.82. The van der Waals surface area contributed by atoms with E-state index in [0.29, 0.717) is 0 Å². The standard InChI is InChI=1S/C10H18N2S.2ClH/c1-9(2,3)7-6-13-8(12-7)10(4,5)11;;/h6H,11H2,1-5H3;2*1H. The van der Waals surface area contributed by atoms with Crippen molar-refractivity contribution in [2.24, 2.45) is 5.73 Å². The van der Waals surface area contributed by atoms with Gasteiger partial charge in [0.15, 0.2) is 0 Å². The van der Waals surface area contributed by atoms with Crippen molar-refractivity contribution in [1.29, 1.82) is 0 Å². The van der Waals surface area contributed by atoms with Gasteiger partial charge >= 0.3 is 0 Å². The maximum absolute atomic E-state index is 5.96. The minimum absolute atomic E-state index is 0. The van der Waals surface area contributed by atoms with E-state index in [-0.39, 0.29) is 35.8 Å².